The Bertz CT molecular complexity index is 560. The van der Waals surface area contributed by atoms with Crippen LogP contribution in [0.1, 0.15) is 19.8 Å². The van der Waals surface area contributed by atoms with Crippen LogP contribution in [0.25, 0.3) is 0 Å². The third kappa shape index (κ3) is 3.71. The second-order valence-corrected chi connectivity index (χ2v) is 5.57. The molecular weight excluding hydrogens is 296 g/mol. The fourth-order valence-corrected chi connectivity index (χ4v) is 2.20. The molecule has 1 aromatic carbocycles. The zero-order valence-electron chi connectivity index (χ0n) is 11.9. The Kier molecular flexibility index (Phi) is 4.80. The Morgan fingerprint density at radius 1 is 1.57 bits per heavy atom. The van der Waals surface area contributed by atoms with Gasteiger partial charge in [0.1, 0.15) is 11.1 Å². The molecule has 2 rings (SSSR count). The lowest BCUT2D eigenvalue weighted by Crippen LogP contribution is -2.40. The molecule has 7 heteroatoms. The number of benzene rings is 1. The van der Waals surface area contributed by atoms with Crippen molar-refractivity contribution in [3.05, 3.63) is 33.3 Å². The lowest BCUT2D eigenvalue weighted by Gasteiger charge is -2.25. The van der Waals surface area contributed by atoms with Crippen LogP contribution in [0.2, 0.25) is 5.02 Å². The van der Waals surface area contributed by atoms with Crippen molar-refractivity contribution in [2.75, 3.05) is 18.6 Å². The van der Waals surface area contributed by atoms with E-state index in [-0.39, 0.29) is 16.6 Å². The number of carbonyl (C=O) groups is 1. The van der Waals surface area contributed by atoms with Crippen LogP contribution in [-0.2, 0) is 9.53 Å². The topological polar surface area (TPSA) is 72.7 Å². The molecule has 0 spiro atoms. The summed E-state index contributed by atoms with van der Waals surface area (Å²) in [6.45, 7) is 2.21. The van der Waals surface area contributed by atoms with Crippen molar-refractivity contribution in [1.82, 2.24) is 0 Å². The van der Waals surface area contributed by atoms with E-state index in [1.807, 2.05) is 0 Å². The van der Waals surface area contributed by atoms with Gasteiger partial charge in [-0.1, -0.05) is 11.6 Å². The van der Waals surface area contributed by atoms with Crippen molar-refractivity contribution in [3.8, 4) is 0 Å². The molecule has 1 aromatic rings. The molecule has 1 aliphatic rings. The highest BCUT2D eigenvalue weighted by molar-refractivity contribution is 6.32. The van der Waals surface area contributed by atoms with E-state index >= 15 is 0 Å². The minimum absolute atomic E-state index is 0.0577. The van der Waals surface area contributed by atoms with Gasteiger partial charge in [0.15, 0.2) is 0 Å². The van der Waals surface area contributed by atoms with Gasteiger partial charge in [-0.05, 0) is 37.8 Å². The molecule has 0 saturated heterocycles. The summed E-state index contributed by atoms with van der Waals surface area (Å²) in [6.07, 6.45) is 1.54. The highest BCUT2D eigenvalue weighted by Crippen LogP contribution is 2.34. The first kappa shape index (κ1) is 15.7. The van der Waals surface area contributed by atoms with Crippen LogP contribution in [0.3, 0.4) is 0 Å². The molecule has 6 nitrogen and oxygen atoms in total. The molecule has 1 fully saturated rings. The van der Waals surface area contributed by atoms with Gasteiger partial charge in [0.05, 0.1) is 10.6 Å². The number of rotatable bonds is 6. The van der Waals surface area contributed by atoms with Crippen molar-refractivity contribution in [3.63, 3.8) is 0 Å². The fraction of sp³-hybridized carbons (Fsp3) is 0.500. The first-order valence-corrected chi connectivity index (χ1v) is 7.10. The Morgan fingerprint density at radius 3 is 2.76 bits per heavy atom. The standard InChI is InChI=1S/C14H17ClN2O4/c1-9(21-2)14(18)16(8-10-3-4-10)11-5-6-12(15)13(7-11)17(19)20/h5-7,9-10H,3-4,8H2,1-2H3/t9-/m0/s1. The summed E-state index contributed by atoms with van der Waals surface area (Å²) in [5, 5.41) is 11.0. The van der Waals surface area contributed by atoms with Gasteiger partial charge in [0.25, 0.3) is 11.6 Å². The molecular formula is C14H17ClN2O4. The summed E-state index contributed by atoms with van der Waals surface area (Å²) in [5.74, 6) is 0.244. The summed E-state index contributed by atoms with van der Waals surface area (Å²) in [7, 11) is 1.46. The fourth-order valence-electron chi connectivity index (χ4n) is 2.01. The number of nitro groups is 1. The maximum absolute atomic E-state index is 12.4. The third-order valence-corrected chi connectivity index (χ3v) is 3.86. The first-order valence-electron chi connectivity index (χ1n) is 6.72. The van der Waals surface area contributed by atoms with E-state index in [2.05, 4.69) is 0 Å². The highest BCUT2D eigenvalue weighted by atomic mass is 35.5. The maximum atomic E-state index is 12.4. The number of ether oxygens (including phenoxy) is 1. The Morgan fingerprint density at radius 2 is 2.24 bits per heavy atom. The molecule has 1 amide bonds. The van der Waals surface area contributed by atoms with E-state index in [1.165, 1.54) is 19.2 Å². The highest BCUT2D eigenvalue weighted by Gasteiger charge is 2.30. The van der Waals surface area contributed by atoms with Crippen LogP contribution in [0.4, 0.5) is 11.4 Å². The predicted octanol–water partition coefficient (Wildman–Crippen LogP) is 3.03. The van der Waals surface area contributed by atoms with Crippen LogP contribution < -0.4 is 4.90 Å². The molecule has 0 radical (unpaired) electrons. The van der Waals surface area contributed by atoms with Gasteiger partial charge in [-0.3, -0.25) is 14.9 Å². The summed E-state index contributed by atoms with van der Waals surface area (Å²) >= 11 is 5.81. The van der Waals surface area contributed by atoms with Crippen molar-refractivity contribution < 1.29 is 14.5 Å². The number of amides is 1. The van der Waals surface area contributed by atoms with E-state index < -0.39 is 11.0 Å². The van der Waals surface area contributed by atoms with Gasteiger partial charge in [0, 0.05) is 19.7 Å². The van der Waals surface area contributed by atoms with Crippen LogP contribution >= 0.6 is 11.6 Å². The van der Waals surface area contributed by atoms with Crippen molar-refractivity contribution in [1.29, 1.82) is 0 Å². The van der Waals surface area contributed by atoms with Gasteiger partial charge in [-0.2, -0.15) is 0 Å². The number of hydrogen-bond acceptors (Lipinski definition) is 4. The average Bonchev–Trinajstić information content (AvgIpc) is 3.27. The molecule has 0 N–H and O–H groups in total. The molecule has 21 heavy (non-hydrogen) atoms. The lowest BCUT2D eigenvalue weighted by molar-refractivity contribution is -0.384. The summed E-state index contributed by atoms with van der Waals surface area (Å²) in [5.41, 5.74) is 0.278. The van der Waals surface area contributed by atoms with E-state index in [0.717, 1.165) is 12.8 Å². The van der Waals surface area contributed by atoms with Gasteiger partial charge in [0.2, 0.25) is 0 Å². The summed E-state index contributed by atoms with van der Waals surface area (Å²) in [4.78, 5) is 24.4. The van der Waals surface area contributed by atoms with E-state index in [1.54, 1.807) is 17.9 Å². The summed E-state index contributed by atoms with van der Waals surface area (Å²) in [6, 6.07) is 4.41. The molecule has 0 aliphatic heterocycles. The largest absolute Gasteiger partial charge is 0.372 e. The van der Waals surface area contributed by atoms with Crippen LogP contribution in [0.15, 0.2) is 18.2 Å². The number of hydrogen-bond donors (Lipinski definition) is 0. The van der Waals surface area contributed by atoms with Gasteiger partial charge in [-0.15, -0.1) is 0 Å². The minimum Gasteiger partial charge on any atom is -0.372 e. The summed E-state index contributed by atoms with van der Waals surface area (Å²) < 4.78 is 5.07. The SMILES string of the molecule is CO[C@@H](C)C(=O)N(CC1CC1)c1ccc(Cl)c([N+](=O)[O-])c1. The average molecular weight is 313 g/mol. The second kappa shape index (κ2) is 6.41. The molecule has 1 atom stereocenters. The Balaban J connectivity index is 2.33. The monoisotopic (exact) mass is 312 g/mol. The van der Waals surface area contributed by atoms with Crippen molar-refractivity contribution >= 4 is 28.9 Å². The number of methoxy groups -OCH3 is 1. The first-order chi connectivity index (χ1) is 9.93. The number of halogens is 1. The molecule has 114 valence electrons. The molecule has 0 unspecified atom stereocenters. The van der Waals surface area contributed by atoms with E-state index in [9.17, 15) is 14.9 Å². The van der Waals surface area contributed by atoms with Crippen LogP contribution in [0, 0.1) is 16.0 Å². The third-order valence-electron chi connectivity index (χ3n) is 3.54. The quantitative estimate of drug-likeness (QED) is 0.598. The number of nitrogens with zero attached hydrogens (tertiary/aromatic N) is 2. The van der Waals surface area contributed by atoms with Crippen LogP contribution in [-0.4, -0.2) is 30.6 Å². The van der Waals surface area contributed by atoms with Gasteiger partial charge in [-0.25, -0.2) is 0 Å². The van der Waals surface area contributed by atoms with Crippen molar-refractivity contribution in [2.24, 2.45) is 5.92 Å². The van der Waals surface area contributed by atoms with E-state index in [0.29, 0.717) is 18.2 Å². The molecule has 1 saturated carbocycles. The van der Waals surface area contributed by atoms with E-state index in [4.69, 9.17) is 16.3 Å². The normalized spacial score (nSPS) is 15.6. The number of nitro benzene ring substituents is 1. The lowest BCUT2D eigenvalue weighted by atomic mass is 10.2. The zero-order chi connectivity index (χ0) is 15.6. The molecule has 0 bridgehead atoms. The van der Waals surface area contributed by atoms with Gasteiger partial charge < -0.3 is 9.64 Å². The smallest absolute Gasteiger partial charge is 0.289 e. The molecule has 0 heterocycles. The molecule has 1 aliphatic carbocycles. The Labute approximate surface area is 127 Å². The second-order valence-electron chi connectivity index (χ2n) is 5.16. The molecule has 0 aromatic heterocycles. The van der Waals surface area contributed by atoms with Crippen LogP contribution in [0.5, 0.6) is 0 Å². The zero-order valence-corrected chi connectivity index (χ0v) is 12.7. The number of carbonyl (C=O) groups excluding carboxylic acids is 1. The maximum Gasteiger partial charge on any atom is 0.289 e. The Hall–Kier alpha value is -1.66. The van der Waals surface area contributed by atoms with Gasteiger partial charge >= 0.3 is 0 Å². The minimum atomic E-state index is -0.599. The predicted molar refractivity (Wildman–Crippen MR) is 79.7 cm³/mol. The number of anilines is 1. The van der Waals surface area contributed by atoms with Crippen molar-refractivity contribution in [2.45, 2.75) is 25.9 Å².